The number of hydrogen-bond acceptors (Lipinski definition) is 5. The molecule has 4 nitrogen and oxygen atoms in total. The van der Waals surface area contributed by atoms with E-state index in [2.05, 4.69) is 15.9 Å². The first-order valence-electron chi connectivity index (χ1n) is 6.28. The van der Waals surface area contributed by atoms with E-state index in [4.69, 9.17) is 9.47 Å². The lowest BCUT2D eigenvalue weighted by atomic mass is 10.1. The maximum atomic E-state index is 12.2. The Morgan fingerprint density at radius 1 is 1.29 bits per heavy atom. The fraction of sp³-hybridized carbons (Fsp3) is 0.200. The Balaban J connectivity index is 2.07. The van der Waals surface area contributed by atoms with Crippen LogP contribution in [0.2, 0.25) is 0 Å². The van der Waals surface area contributed by atoms with Crippen LogP contribution in [0.3, 0.4) is 0 Å². The third-order valence-corrected chi connectivity index (χ3v) is 4.08. The lowest BCUT2D eigenvalue weighted by Crippen LogP contribution is -2.14. The van der Waals surface area contributed by atoms with Gasteiger partial charge in [-0.05, 0) is 52.5 Å². The second-order valence-corrected chi connectivity index (χ2v) is 5.85. The quantitative estimate of drug-likeness (QED) is 0.576. The minimum atomic E-state index is -0.428. The molecule has 0 amide bonds. The Morgan fingerprint density at radius 2 is 2.10 bits per heavy atom. The van der Waals surface area contributed by atoms with Gasteiger partial charge in [0.25, 0.3) is 0 Å². The van der Waals surface area contributed by atoms with E-state index in [9.17, 15) is 9.59 Å². The SMILES string of the molecule is CCOC(=O)COc1ccc(C(=O)c2cccs2)cc1Br. The molecule has 2 aromatic rings. The smallest absolute Gasteiger partial charge is 0.344 e. The molecule has 110 valence electrons. The number of rotatable bonds is 6. The van der Waals surface area contributed by atoms with Crippen LogP contribution in [0.15, 0.2) is 40.2 Å². The van der Waals surface area contributed by atoms with E-state index < -0.39 is 5.97 Å². The predicted octanol–water partition coefficient (Wildman–Crippen LogP) is 3.68. The topological polar surface area (TPSA) is 52.6 Å². The average molecular weight is 369 g/mol. The molecule has 0 bridgehead atoms. The van der Waals surface area contributed by atoms with Gasteiger partial charge in [0.15, 0.2) is 6.61 Å². The molecule has 0 spiro atoms. The Kier molecular flexibility index (Phi) is 5.52. The Morgan fingerprint density at radius 3 is 2.71 bits per heavy atom. The standard InChI is InChI=1S/C15H13BrO4S/c1-2-19-14(17)9-20-12-6-5-10(8-11(12)16)15(18)13-4-3-7-21-13/h3-8H,2,9H2,1H3. The van der Waals surface area contributed by atoms with Gasteiger partial charge in [0.1, 0.15) is 5.75 Å². The van der Waals surface area contributed by atoms with Crippen LogP contribution < -0.4 is 4.74 Å². The monoisotopic (exact) mass is 368 g/mol. The molecule has 0 aliphatic heterocycles. The summed E-state index contributed by atoms with van der Waals surface area (Å²) in [5.74, 6) is 0.0246. The van der Waals surface area contributed by atoms with Crippen molar-refractivity contribution in [2.24, 2.45) is 0 Å². The minimum Gasteiger partial charge on any atom is -0.481 e. The zero-order valence-corrected chi connectivity index (χ0v) is 13.7. The van der Waals surface area contributed by atoms with Crippen molar-refractivity contribution in [2.45, 2.75) is 6.92 Å². The van der Waals surface area contributed by atoms with Crippen molar-refractivity contribution < 1.29 is 19.1 Å². The van der Waals surface area contributed by atoms with E-state index >= 15 is 0 Å². The van der Waals surface area contributed by atoms with Crippen LogP contribution in [0.1, 0.15) is 22.2 Å². The van der Waals surface area contributed by atoms with E-state index in [0.717, 1.165) is 0 Å². The first-order chi connectivity index (χ1) is 10.1. The average Bonchev–Trinajstić information content (AvgIpc) is 2.99. The van der Waals surface area contributed by atoms with Crippen LogP contribution in [0.4, 0.5) is 0 Å². The van der Waals surface area contributed by atoms with Gasteiger partial charge >= 0.3 is 5.97 Å². The molecular formula is C15H13BrO4S. The molecule has 0 N–H and O–H groups in total. The molecule has 1 heterocycles. The molecule has 0 aliphatic carbocycles. The number of halogens is 1. The van der Waals surface area contributed by atoms with Crippen molar-refractivity contribution in [3.63, 3.8) is 0 Å². The van der Waals surface area contributed by atoms with Crippen LogP contribution in [0.5, 0.6) is 5.75 Å². The second-order valence-electron chi connectivity index (χ2n) is 4.05. The summed E-state index contributed by atoms with van der Waals surface area (Å²) in [4.78, 5) is 24.1. The second kappa shape index (κ2) is 7.38. The van der Waals surface area contributed by atoms with Gasteiger partial charge in [-0.25, -0.2) is 4.79 Å². The number of carbonyl (C=O) groups is 2. The Hall–Kier alpha value is -1.66. The van der Waals surface area contributed by atoms with Gasteiger partial charge in [-0.15, -0.1) is 11.3 Å². The molecule has 0 aliphatic rings. The van der Waals surface area contributed by atoms with Gasteiger partial charge < -0.3 is 9.47 Å². The van der Waals surface area contributed by atoms with Crippen LogP contribution >= 0.6 is 27.3 Å². The molecule has 2 rings (SSSR count). The molecule has 0 saturated heterocycles. The van der Waals surface area contributed by atoms with Gasteiger partial charge in [0, 0.05) is 5.56 Å². The summed E-state index contributed by atoms with van der Waals surface area (Å²) in [6.07, 6.45) is 0. The van der Waals surface area contributed by atoms with Crippen molar-refractivity contribution >= 4 is 39.0 Å². The molecule has 0 atom stereocenters. The summed E-state index contributed by atoms with van der Waals surface area (Å²) in [6.45, 7) is 1.89. The highest BCUT2D eigenvalue weighted by Gasteiger charge is 2.13. The largest absolute Gasteiger partial charge is 0.481 e. The van der Waals surface area contributed by atoms with E-state index in [1.165, 1.54) is 11.3 Å². The van der Waals surface area contributed by atoms with Crippen LogP contribution in [-0.4, -0.2) is 25.0 Å². The Bertz CT molecular complexity index is 637. The lowest BCUT2D eigenvalue weighted by molar-refractivity contribution is -0.145. The number of ether oxygens (including phenoxy) is 2. The molecule has 0 radical (unpaired) electrons. The molecule has 0 saturated carbocycles. The lowest BCUT2D eigenvalue weighted by Gasteiger charge is -2.08. The van der Waals surface area contributed by atoms with Gasteiger partial charge in [0.2, 0.25) is 5.78 Å². The first-order valence-corrected chi connectivity index (χ1v) is 7.95. The molecule has 0 unspecified atom stereocenters. The summed E-state index contributed by atoms with van der Waals surface area (Å²) < 4.78 is 10.7. The summed E-state index contributed by atoms with van der Waals surface area (Å²) in [5, 5.41) is 1.86. The van der Waals surface area contributed by atoms with Crippen LogP contribution in [0, 0.1) is 0 Å². The van der Waals surface area contributed by atoms with E-state index in [1.807, 2.05) is 11.4 Å². The summed E-state index contributed by atoms with van der Waals surface area (Å²) in [6, 6.07) is 8.63. The number of benzene rings is 1. The fourth-order valence-corrected chi connectivity index (χ4v) is 2.83. The third kappa shape index (κ3) is 4.15. The number of carbonyl (C=O) groups excluding carboxylic acids is 2. The molecule has 6 heteroatoms. The number of esters is 1. The van der Waals surface area contributed by atoms with Crippen molar-refractivity contribution in [1.29, 1.82) is 0 Å². The van der Waals surface area contributed by atoms with Crippen LogP contribution in [-0.2, 0) is 9.53 Å². The summed E-state index contributed by atoms with van der Waals surface area (Å²) in [5.41, 5.74) is 0.563. The highest BCUT2D eigenvalue weighted by Crippen LogP contribution is 2.27. The van der Waals surface area contributed by atoms with E-state index in [0.29, 0.717) is 27.3 Å². The van der Waals surface area contributed by atoms with E-state index in [1.54, 1.807) is 31.2 Å². The van der Waals surface area contributed by atoms with Crippen molar-refractivity contribution in [2.75, 3.05) is 13.2 Å². The normalized spacial score (nSPS) is 10.2. The zero-order valence-electron chi connectivity index (χ0n) is 11.3. The van der Waals surface area contributed by atoms with Gasteiger partial charge in [-0.2, -0.15) is 0 Å². The van der Waals surface area contributed by atoms with E-state index in [-0.39, 0.29) is 12.4 Å². The number of thiophene rings is 1. The predicted molar refractivity (Wildman–Crippen MR) is 84.0 cm³/mol. The van der Waals surface area contributed by atoms with Crippen molar-refractivity contribution in [3.05, 3.63) is 50.6 Å². The highest BCUT2D eigenvalue weighted by atomic mass is 79.9. The maximum absolute atomic E-state index is 12.2. The number of hydrogen-bond donors (Lipinski definition) is 0. The molecule has 0 fully saturated rings. The first kappa shape index (κ1) is 15.7. The molecular weight excluding hydrogens is 356 g/mol. The van der Waals surface area contributed by atoms with Crippen LogP contribution in [0.25, 0.3) is 0 Å². The Labute approximate surface area is 134 Å². The van der Waals surface area contributed by atoms with Gasteiger partial charge in [-0.3, -0.25) is 4.79 Å². The third-order valence-electron chi connectivity index (χ3n) is 2.59. The van der Waals surface area contributed by atoms with Crippen molar-refractivity contribution in [3.8, 4) is 5.75 Å². The molecule has 1 aromatic heterocycles. The summed E-state index contributed by atoms with van der Waals surface area (Å²) in [7, 11) is 0. The van der Waals surface area contributed by atoms with Gasteiger partial charge in [0.05, 0.1) is 16.0 Å². The maximum Gasteiger partial charge on any atom is 0.344 e. The highest BCUT2D eigenvalue weighted by molar-refractivity contribution is 9.10. The number of ketones is 1. The molecule has 1 aromatic carbocycles. The fourth-order valence-electron chi connectivity index (χ4n) is 1.65. The van der Waals surface area contributed by atoms with Crippen molar-refractivity contribution in [1.82, 2.24) is 0 Å². The minimum absolute atomic E-state index is 0.0392. The van der Waals surface area contributed by atoms with Gasteiger partial charge in [-0.1, -0.05) is 6.07 Å². The zero-order chi connectivity index (χ0) is 15.2. The molecule has 21 heavy (non-hydrogen) atoms. The summed E-state index contributed by atoms with van der Waals surface area (Å²) >= 11 is 4.74.